The van der Waals surface area contributed by atoms with Crippen molar-refractivity contribution in [1.82, 2.24) is 14.7 Å². The number of amides is 1. The molecule has 5 nitrogen and oxygen atoms in total. The number of nitrogens with two attached hydrogens (primary N) is 1. The number of likely N-dealkylation sites (N-methyl/N-ethyl adjacent to an activating group) is 2. The molecule has 2 N–H and O–H groups in total. The Balaban J connectivity index is 2.30. The number of rotatable bonds is 9. The molecule has 0 bridgehead atoms. The van der Waals surface area contributed by atoms with E-state index in [1.54, 1.807) is 4.90 Å². The number of hydrogen-bond donors (Lipinski definition) is 1. The van der Waals surface area contributed by atoms with Crippen LogP contribution in [0.25, 0.3) is 0 Å². The molecular weight excluding hydrogens is 284 g/mol. The van der Waals surface area contributed by atoms with Gasteiger partial charge in [0.2, 0.25) is 5.91 Å². The first-order chi connectivity index (χ1) is 9.77. The topological polar surface area (TPSA) is 52.8 Å². The summed E-state index contributed by atoms with van der Waals surface area (Å²) in [5.74, 6) is 0.158. The summed E-state index contributed by atoms with van der Waals surface area (Å²) in [5.41, 5.74) is 5.78. The van der Waals surface area contributed by atoms with Crippen molar-refractivity contribution in [1.29, 1.82) is 0 Å². The van der Waals surface area contributed by atoms with Gasteiger partial charge in [-0.25, -0.2) is 0 Å². The van der Waals surface area contributed by atoms with Crippen LogP contribution in [0.5, 0.6) is 0 Å². The average molecular weight is 314 g/mol. The van der Waals surface area contributed by atoms with E-state index in [0.29, 0.717) is 29.9 Å². The van der Waals surface area contributed by atoms with E-state index in [-0.39, 0.29) is 5.91 Å². The molecule has 1 aliphatic rings. The van der Waals surface area contributed by atoms with Gasteiger partial charge in [-0.05, 0) is 40.4 Å². The lowest BCUT2D eigenvalue weighted by atomic mass is 9.75. The van der Waals surface area contributed by atoms with Gasteiger partial charge in [-0.1, -0.05) is 12.2 Å². The van der Waals surface area contributed by atoms with Crippen LogP contribution in [-0.2, 0) is 4.79 Å². The zero-order chi connectivity index (χ0) is 16.0. The van der Waals surface area contributed by atoms with E-state index in [1.807, 2.05) is 7.05 Å². The van der Waals surface area contributed by atoms with E-state index < -0.39 is 0 Å². The predicted octanol–water partition coefficient (Wildman–Crippen LogP) is 0.927. The van der Waals surface area contributed by atoms with Crippen molar-refractivity contribution in [3.8, 4) is 0 Å². The zero-order valence-corrected chi connectivity index (χ0v) is 14.7. The summed E-state index contributed by atoms with van der Waals surface area (Å²) < 4.78 is 0. The van der Waals surface area contributed by atoms with Gasteiger partial charge in [0.25, 0.3) is 0 Å². The molecule has 1 aliphatic carbocycles. The second kappa shape index (κ2) is 8.06. The molecule has 0 aromatic heterocycles. The molecule has 0 aromatic carbocycles. The molecule has 0 aromatic rings. The van der Waals surface area contributed by atoms with Crippen LogP contribution in [0.1, 0.15) is 32.1 Å². The second-order valence-electron chi connectivity index (χ2n) is 6.49. The lowest BCUT2D eigenvalue weighted by Crippen LogP contribution is -2.56. The summed E-state index contributed by atoms with van der Waals surface area (Å²) in [4.78, 5) is 18.8. The van der Waals surface area contributed by atoms with Gasteiger partial charge in [0.1, 0.15) is 0 Å². The van der Waals surface area contributed by atoms with Gasteiger partial charge in [-0.15, -0.1) is 0 Å². The summed E-state index contributed by atoms with van der Waals surface area (Å²) in [6, 6.07) is 0. The molecule has 0 spiro atoms. The van der Waals surface area contributed by atoms with E-state index >= 15 is 0 Å². The van der Waals surface area contributed by atoms with Crippen LogP contribution in [-0.4, -0.2) is 79.0 Å². The van der Waals surface area contributed by atoms with E-state index in [1.165, 1.54) is 19.3 Å². The van der Waals surface area contributed by atoms with Crippen molar-refractivity contribution >= 4 is 23.1 Å². The SMILES string of the molecule is CN(CCC(=O)N(C)CCC(N)=S)CC1(N(C)C)CCC1. The third-order valence-electron chi connectivity index (χ3n) is 4.62. The van der Waals surface area contributed by atoms with Crippen molar-refractivity contribution in [3.63, 3.8) is 0 Å². The largest absolute Gasteiger partial charge is 0.393 e. The first-order valence-corrected chi connectivity index (χ1v) is 8.06. The summed E-state index contributed by atoms with van der Waals surface area (Å²) in [6.07, 6.45) is 4.97. The van der Waals surface area contributed by atoms with Crippen LogP contribution >= 0.6 is 12.2 Å². The van der Waals surface area contributed by atoms with Gasteiger partial charge >= 0.3 is 0 Å². The van der Waals surface area contributed by atoms with E-state index in [9.17, 15) is 4.79 Å². The molecule has 1 rings (SSSR count). The van der Waals surface area contributed by atoms with E-state index in [4.69, 9.17) is 18.0 Å². The highest BCUT2D eigenvalue weighted by Crippen LogP contribution is 2.36. The maximum Gasteiger partial charge on any atom is 0.223 e. The van der Waals surface area contributed by atoms with Crippen molar-refractivity contribution in [2.45, 2.75) is 37.6 Å². The predicted molar refractivity (Wildman–Crippen MR) is 91.4 cm³/mol. The molecule has 1 fully saturated rings. The Morgan fingerprint density at radius 3 is 2.19 bits per heavy atom. The van der Waals surface area contributed by atoms with Gasteiger partial charge in [-0.2, -0.15) is 0 Å². The number of hydrogen-bond acceptors (Lipinski definition) is 4. The standard InChI is InChI=1S/C15H30N4OS/c1-17(2)15(8-5-9-15)12-18(3)10-7-14(20)19(4)11-6-13(16)21/h5-12H2,1-4H3,(H2,16,21). The van der Waals surface area contributed by atoms with Crippen LogP contribution in [0.3, 0.4) is 0 Å². The Hall–Kier alpha value is -0.720. The first-order valence-electron chi connectivity index (χ1n) is 7.65. The van der Waals surface area contributed by atoms with Crippen LogP contribution in [0, 0.1) is 0 Å². The van der Waals surface area contributed by atoms with Gasteiger partial charge in [0.15, 0.2) is 0 Å². The Labute approximate surface area is 134 Å². The molecule has 122 valence electrons. The molecule has 0 atom stereocenters. The third kappa shape index (κ3) is 5.52. The lowest BCUT2D eigenvalue weighted by molar-refractivity contribution is -0.130. The average Bonchev–Trinajstić information content (AvgIpc) is 2.36. The number of carbonyl (C=O) groups excluding carboxylic acids is 1. The molecule has 1 amide bonds. The van der Waals surface area contributed by atoms with Crippen LogP contribution < -0.4 is 5.73 Å². The fourth-order valence-electron chi connectivity index (χ4n) is 2.79. The number of carbonyl (C=O) groups is 1. The smallest absolute Gasteiger partial charge is 0.223 e. The van der Waals surface area contributed by atoms with Gasteiger partial charge in [0, 0.05) is 45.1 Å². The molecule has 0 unspecified atom stereocenters. The summed E-state index contributed by atoms with van der Waals surface area (Å²) in [6.45, 7) is 2.44. The number of thiocarbonyl (C=S) groups is 1. The van der Waals surface area contributed by atoms with Crippen molar-refractivity contribution in [2.75, 3.05) is 47.8 Å². The number of nitrogens with zero attached hydrogens (tertiary/aromatic N) is 3. The Bertz CT molecular complexity index is 369. The van der Waals surface area contributed by atoms with Gasteiger partial charge in [0.05, 0.1) is 4.99 Å². The van der Waals surface area contributed by atoms with Crippen LogP contribution in [0.15, 0.2) is 0 Å². The van der Waals surface area contributed by atoms with Crippen LogP contribution in [0.2, 0.25) is 0 Å². The first kappa shape index (κ1) is 18.3. The molecule has 0 saturated heterocycles. The molecule has 0 aliphatic heterocycles. The van der Waals surface area contributed by atoms with Gasteiger partial charge in [-0.3, -0.25) is 4.79 Å². The summed E-state index contributed by atoms with van der Waals surface area (Å²) >= 11 is 4.84. The molecule has 1 saturated carbocycles. The molecular formula is C15H30N4OS. The van der Waals surface area contributed by atoms with Crippen LogP contribution in [0.4, 0.5) is 0 Å². The van der Waals surface area contributed by atoms with E-state index in [0.717, 1.165) is 13.1 Å². The zero-order valence-electron chi connectivity index (χ0n) is 13.9. The normalized spacial score (nSPS) is 16.9. The highest BCUT2D eigenvalue weighted by atomic mass is 32.1. The monoisotopic (exact) mass is 314 g/mol. The lowest BCUT2D eigenvalue weighted by Gasteiger charge is -2.49. The molecule has 6 heteroatoms. The fourth-order valence-corrected chi connectivity index (χ4v) is 2.88. The Kier molecular flexibility index (Phi) is 7.03. The molecule has 21 heavy (non-hydrogen) atoms. The fraction of sp³-hybridized carbons (Fsp3) is 0.867. The van der Waals surface area contributed by atoms with Crippen molar-refractivity contribution < 1.29 is 4.79 Å². The summed E-state index contributed by atoms with van der Waals surface area (Å²) in [7, 11) is 8.23. The Morgan fingerprint density at radius 2 is 1.76 bits per heavy atom. The molecule has 0 heterocycles. The van der Waals surface area contributed by atoms with Crippen molar-refractivity contribution in [2.24, 2.45) is 5.73 Å². The highest BCUT2D eigenvalue weighted by Gasteiger charge is 2.39. The highest BCUT2D eigenvalue weighted by molar-refractivity contribution is 7.80. The summed E-state index contributed by atoms with van der Waals surface area (Å²) in [5, 5.41) is 0. The van der Waals surface area contributed by atoms with Crippen molar-refractivity contribution in [3.05, 3.63) is 0 Å². The minimum absolute atomic E-state index is 0.158. The maximum absolute atomic E-state index is 12.0. The molecule has 0 radical (unpaired) electrons. The minimum Gasteiger partial charge on any atom is -0.393 e. The van der Waals surface area contributed by atoms with E-state index in [2.05, 4.69) is 30.9 Å². The minimum atomic E-state index is 0.158. The third-order valence-corrected chi connectivity index (χ3v) is 4.83. The maximum atomic E-state index is 12.0. The Morgan fingerprint density at radius 1 is 1.14 bits per heavy atom. The second-order valence-corrected chi connectivity index (χ2v) is 7.02. The van der Waals surface area contributed by atoms with Gasteiger partial charge < -0.3 is 20.4 Å². The quantitative estimate of drug-likeness (QED) is 0.642.